The van der Waals surface area contributed by atoms with E-state index in [1.54, 1.807) is 12.1 Å². The molecule has 1 heterocycles. The molecule has 14 heavy (non-hydrogen) atoms. The molecular weight excluding hydrogens is 181 g/mol. The lowest BCUT2D eigenvalue weighted by atomic mass is 10.1. The number of halogens is 1. The van der Waals surface area contributed by atoms with Gasteiger partial charge in [0.15, 0.2) is 0 Å². The number of hydrogen-bond acceptors (Lipinski definition) is 2. The first-order chi connectivity index (χ1) is 6.84. The van der Waals surface area contributed by atoms with Crippen LogP contribution in [0.2, 0.25) is 0 Å². The second-order valence-corrected chi connectivity index (χ2v) is 3.76. The van der Waals surface area contributed by atoms with Gasteiger partial charge in [0, 0.05) is 6.07 Å². The van der Waals surface area contributed by atoms with Gasteiger partial charge in [0.1, 0.15) is 0 Å². The Morgan fingerprint density at radius 3 is 2.86 bits per heavy atom. The first kappa shape index (κ1) is 9.44. The summed E-state index contributed by atoms with van der Waals surface area (Å²) in [5, 5.41) is 0. The maximum Gasteiger partial charge on any atom is 0.216 e. The van der Waals surface area contributed by atoms with E-state index in [1.165, 1.54) is 31.7 Å². The summed E-state index contributed by atoms with van der Waals surface area (Å²) in [7, 11) is 0. The predicted octanol–water partition coefficient (Wildman–Crippen LogP) is 2.79. The molecule has 0 aliphatic heterocycles. The van der Waals surface area contributed by atoms with Crippen LogP contribution in [0.1, 0.15) is 25.7 Å². The summed E-state index contributed by atoms with van der Waals surface area (Å²) in [5.41, 5.74) is 0. The van der Waals surface area contributed by atoms with Crippen molar-refractivity contribution < 1.29 is 9.13 Å². The standard InChI is InChI=1S/C11H14FNO/c12-10-6-3-7-11(13-10)14-8-9-4-1-2-5-9/h3,6-7,9H,1-2,4-5,8H2. The van der Waals surface area contributed by atoms with E-state index >= 15 is 0 Å². The number of rotatable bonds is 3. The summed E-state index contributed by atoms with van der Waals surface area (Å²) < 4.78 is 18.1. The molecule has 0 N–H and O–H groups in total. The number of pyridine rings is 1. The molecular formula is C11H14FNO. The summed E-state index contributed by atoms with van der Waals surface area (Å²) in [4.78, 5) is 3.65. The van der Waals surface area contributed by atoms with Gasteiger partial charge in [-0.25, -0.2) is 0 Å². The molecule has 3 heteroatoms. The van der Waals surface area contributed by atoms with Gasteiger partial charge in [0.2, 0.25) is 11.8 Å². The Labute approximate surface area is 83.1 Å². The summed E-state index contributed by atoms with van der Waals surface area (Å²) in [6, 6.07) is 4.63. The minimum Gasteiger partial charge on any atom is -0.477 e. The average molecular weight is 195 g/mol. The molecule has 0 unspecified atom stereocenters. The predicted molar refractivity (Wildman–Crippen MR) is 51.6 cm³/mol. The van der Waals surface area contributed by atoms with Gasteiger partial charge in [-0.2, -0.15) is 9.37 Å². The second-order valence-electron chi connectivity index (χ2n) is 3.76. The fourth-order valence-electron chi connectivity index (χ4n) is 1.85. The highest BCUT2D eigenvalue weighted by Crippen LogP contribution is 2.25. The van der Waals surface area contributed by atoms with Crippen molar-refractivity contribution >= 4 is 0 Å². The van der Waals surface area contributed by atoms with E-state index in [0.717, 1.165) is 0 Å². The van der Waals surface area contributed by atoms with Crippen molar-refractivity contribution in [3.8, 4) is 5.88 Å². The second kappa shape index (κ2) is 4.40. The molecule has 1 aromatic heterocycles. The van der Waals surface area contributed by atoms with Crippen LogP contribution >= 0.6 is 0 Å². The number of nitrogens with zero attached hydrogens (tertiary/aromatic N) is 1. The molecule has 1 fully saturated rings. The average Bonchev–Trinajstić information content (AvgIpc) is 2.67. The van der Waals surface area contributed by atoms with Crippen molar-refractivity contribution in [3.05, 3.63) is 24.1 Å². The lowest BCUT2D eigenvalue weighted by Gasteiger charge is -2.09. The molecule has 0 radical (unpaired) electrons. The van der Waals surface area contributed by atoms with Crippen LogP contribution in [0, 0.1) is 11.9 Å². The molecule has 2 nitrogen and oxygen atoms in total. The molecule has 1 aromatic rings. The van der Waals surface area contributed by atoms with Crippen LogP contribution in [-0.2, 0) is 0 Å². The minimum atomic E-state index is -0.478. The quantitative estimate of drug-likeness (QED) is 0.692. The Balaban J connectivity index is 1.85. The first-order valence-corrected chi connectivity index (χ1v) is 5.10. The van der Waals surface area contributed by atoms with Crippen LogP contribution in [0.25, 0.3) is 0 Å². The largest absolute Gasteiger partial charge is 0.477 e. The molecule has 2 rings (SSSR count). The lowest BCUT2D eigenvalue weighted by Crippen LogP contribution is -2.09. The van der Waals surface area contributed by atoms with E-state index in [4.69, 9.17) is 4.74 Å². The van der Waals surface area contributed by atoms with Crippen molar-refractivity contribution in [3.63, 3.8) is 0 Å². The number of ether oxygens (including phenoxy) is 1. The van der Waals surface area contributed by atoms with Gasteiger partial charge in [-0.15, -0.1) is 0 Å². The van der Waals surface area contributed by atoms with E-state index in [-0.39, 0.29) is 0 Å². The Kier molecular flexibility index (Phi) is 2.96. The molecule has 1 aliphatic rings. The van der Waals surface area contributed by atoms with Crippen LogP contribution in [0.5, 0.6) is 5.88 Å². The molecule has 0 bridgehead atoms. The Bertz CT molecular complexity index is 297. The van der Waals surface area contributed by atoms with Gasteiger partial charge in [-0.3, -0.25) is 0 Å². The highest BCUT2D eigenvalue weighted by Gasteiger charge is 2.15. The fourth-order valence-corrected chi connectivity index (χ4v) is 1.85. The summed E-state index contributed by atoms with van der Waals surface area (Å²) >= 11 is 0. The number of aromatic nitrogens is 1. The third kappa shape index (κ3) is 2.44. The van der Waals surface area contributed by atoms with Crippen molar-refractivity contribution in [1.82, 2.24) is 4.98 Å². The Morgan fingerprint density at radius 2 is 2.14 bits per heavy atom. The van der Waals surface area contributed by atoms with Crippen LogP contribution < -0.4 is 4.74 Å². The molecule has 0 amide bonds. The zero-order valence-electron chi connectivity index (χ0n) is 8.08. The molecule has 0 saturated heterocycles. The van der Waals surface area contributed by atoms with Crippen molar-refractivity contribution in [1.29, 1.82) is 0 Å². The molecule has 76 valence electrons. The normalized spacial score (nSPS) is 17.2. The maximum atomic E-state index is 12.7. The third-order valence-electron chi connectivity index (χ3n) is 2.63. The summed E-state index contributed by atoms with van der Waals surface area (Å²) in [6.45, 7) is 0.677. The zero-order chi connectivity index (χ0) is 9.80. The Hall–Kier alpha value is -1.12. The van der Waals surface area contributed by atoms with Gasteiger partial charge in [0.25, 0.3) is 0 Å². The van der Waals surface area contributed by atoms with Gasteiger partial charge in [0.05, 0.1) is 6.61 Å². The SMILES string of the molecule is Fc1cccc(OCC2CCCC2)n1. The molecule has 0 aromatic carbocycles. The van der Waals surface area contributed by atoms with E-state index in [9.17, 15) is 4.39 Å². The Morgan fingerprint density at radius 1 is 1.36 bits per heavy atom. The van der Waals surface area contributed by atoms with Gasteiger partial charge < -0.3 is 4.74 Å². The van der Waals surface area contributed by atoms with Crippen molar-refractivity contribution in [2.75, 3.05) is 6.61 Å². The molecule has 1 saturated carbocycles. The maximum absolute atomic E-state index is 12.7. The zero-order valence-corrected chi connectivity index (χ0v) is 8.08. The monoisotopic (exact) mass is 195 g/mol. The topological polar surface area (TPSA) is 22.1 Å². The van der Waals surface area contributed by atoms with Crippen LogP contribution in [0.3, 0.4) is 0 Å². The van der Waals surface area contributed by atoms with E-state index in [2.05, 4.69) is 4.98 Å². The van der Waals surface area contributed by atoms with Crippen molar-refractivity contribution in [2.24, 2.45) is 5.92 Å². The van der Waals surface area contributed by atoms with Crippen LogP contribution in [0.4, 0.5) is 4.39 Å². The summed E-state index contributed by atoms with van der Waals surface area (Å²) in [6.07, 6.45) is 5.06. The van der Waals surface area contributed by atoms with E-state index < -0.39 is 5.95 Å². The molecule has 1 aliphatic carbocycles. The lowest BCUT2D eigenvalue weighted by molar-refractivity contribution is 0.241. The van der Waals surface area contributed by atoms with E-state index in [1.807, 2.05) is 0 Å². The number of hydrogen-bond donors (Lipinski definition) is 0. The third-order valence-corrected chi connectivity index (χ3v) is 2.63. The highest BCUT2D eigenvalue weighted by atomic mass is 19.1. The van der Waals surface area contributed by atoms with Gasteiger partial charge in [-0.05, 0) is 24.8 Å². The van der Waals surface area contributed by atoms with Gasteiger partial charge in [-0.1, -0.05) is 18.9 Å². The van der Waals surface area contributed by atoms with Crippen LogP contribution in [0.15, 0.2) is 18.2 Å². The smallest absolute Gasteiger partial charge is 0.216 e. The van der Waals surface area contributed by atoms with Gasteiger partial charge >= 0.3 is 0 Å². The fraction of sp³-hybridized carbons (Fsp3) is 0.545. The molecule has 0 atom stereocenters. The van der Waals surface area contributed by atoms with E-state index in [0.29, 0.717) is 18.4 Å². The van der Waals surface area contributed by atoms with Crippen molar-refractivity contribution in [2.45, 2.75) is 25.7 Å². The molecule has 0 spiro atoms. The first-order valence-electron chi connectivity index (χ1n) is 5.10. The summed E-state index contributed by atoms with van der Waals surface area (Å²) in [5.74, 6) is 0.561. The highest BCUT2D eigenvalue weighted by molar-refractivity contribution is 5.10. The minimum absolute atomic E-state index is 0.400. The van der Waals surface area contributed by atoms with Crippen LogP contribution in [-0.4, -0.2) is 11.6 Å².